The molecule has 226 valence electrons. The normalized spacial score (nSPS) is 16.7. The van der Waals surface area contributed by atoms with E-state index in [0.29, 0.717) is 88.1 Å². The minimum Gasteiger partial charge on any atom is -0.495 e. The van der Waals surface area contributed by atoms with Crippen molar-refractivity contribution in [1.82, 2.24) is 24.7 Å². The Morgan fingerprint density at radius 1 is 1.16 bits per heavy atom. The Kier molecular flexibility index (Phi) is 9.76. The molecule has 1 aromatic carbocycles. The molecule has 0 aliphatic carbocycles. The number of pyridine rings is 1. The predicted octanol–water partition coefficient (Wildman–Crippen LogP) is 5.49. The number of carbonyl (C=O) groups excluding carboxylic acids is 1. The lowest BCUT2D eigenvalue weighted by molar-refractivity contribution is -0.116. The van der Waals surface area contributed by atoms with Crippen molar-refractivity contribution in [2.45, 2.75) is 25.4 Å². The first kappa shape index (κ1) is 30.7. The van der Waals surface area contributed by atoms with Crippen LogP contribution in [0.3, 0.4) is 0 Å². The van der Waals surface area contributed by atoms with Crippen LogP contribution in [-0.4, -0.2) is 77.7 Å². The van der Waals surface area contributed by atoms with E-state index < -0.39 is 0 Å². The SMILES string of the molecule is C=CC(=O)C[C@H]1CCOC[C@H]1Nc1ncc2cc(-c3c(Cl)c(OC)cc(OC)c3Cl)nc(-c3cnn(CCOC)c3)c2n1. The molecular formula is C30H32Cl2N6O5. The molecule has 2 atom stereocenters. The van der Waals surface area contributed by atoms with Crippen molar-refractivity contribution in [3.05, 3.63) is 53.4 Å². The molecule has 4 aromatic rings. The van der Waals surface area contributed by atoms with Crippen LogP contribution in [0.1, 0.15) is 12.8 Å². The van der Waals surface area contributed by atoms with E-state index in [1.165, 1.54) is 20.3 Å². The van der Waals surface area contributed by atoms with Crippen molar-refractivity contribution in [2.24, 2.45) is 5.92 Å². The van der Waals surface area contributed by atoms with Crippen LogP contribution in [-0.2, 0) is 20.8 Å². The number of benzene rings is 1. The third-order valence-electron chi connectivity index (χ3n) is 7.33. The van der Waals surface area contributed by atoms with Gasteiger partial charge in [-0.25, -0.2) is 15.0 Å². The second kappa shape index (κ2) is 13.7. The minimum atomic E-state index is -0.149. The van der Waals surface area contributed by atoms with Gasteiger partial charge in [0.05, 0.1) is 62.0 Å². The Balaban J connectivity index is 1.63. The van der Waals surface area contributed by atoms with Gasteiger partial charge in [0.25, 0.3) is 0 Å². The molecular weight excluding hydrogens is 595 g/mol. The first-order chi connectivity index (χ1) is 20.9. The Hall–Kier alpha value is -3.77. The van der Waals surface area contributed by atoms with E-state index in [-0.39, 0.29) is 17.7 Å². The number of ketones is 1. The van der Waals surface area contributed by atoms with Gasteiger partial charge in [0, 0.05) is 55.1 Å². The van der Waals surface area contributed by atoms with Crippen molar-refractivity contribution < 1.29 is 23.7 Å². The zero-order chi connectivity index (χ0) is 30.5. The second-order valence-corrected chi connectivity index (χ2v) is 10.8. The number of fused-ring (bicyclic) bond motifs is 1. The molecule has 3 aromatic heterocycles. The largest absolute Gasteiger partial charge is 0.495 e. The van der Waals surface area contributed by atoms with Crippen LogP contribution in [0.5, 0.6) is 11.5 Å². The van der Waals surface area contributed by atoms with Crippen LogP contribution < -0.4 is 14.8 Å². The van der Waals surface area contributed by atoms with Gasteiger partial charge in [0.1, 0.15) is 22.7 Å². The Morgan fingerprint density at radius 3 is 2.63 bits per heavy atom. The number of hydrogen-bond acceptors (Lipinski definition) is 10. The number of methoxy groups -OCH3 is 3. The Labute approximate surface area is 259 Å². The summed E-state index contributed by atoms with van der Waals surface area (Å²) in [4.78, 5) is 26.6. The number of rotatable bonds is 12. The van der Waals surface area contributed by atoms with E-state index in [2.05, 4.69) is 22.0 Å². The molecule has 1 aliphatic heterocycles. The van der Waals surface area contributed by atoms with Crippen LogP contribution in [0.25, 0.3) is 33.4 Å². The zero-order valence-electron chi connectivity index (χ0n) is 24.1. The molecule has 1 saturated heterocycles. The third-order valence-corrected chi connectivity index (χ3v) is 8.08. The average molecular weight is 628 g/mol. The lowest BCUT2D eigenvalue weighted by atomic mass is 9.90. The quantitative estimate of drug-likeness (QED) is 0.202. The van der Waals surface area contributed by atoms with Crippen molar-refractivity contribution >= 4 is 45.8 Å². The van der Waals surface area contributed by atoms with Crippen LogP contribution in [0.15, 0.2) is 43.4 Å². The highest BCUT2D eigenvalue weighted by molar-refractivity contribution is 6.41. The lowest BCUT2D eigenvalue weighted by Gasteiger charge is -2.31. The molecule has 0 radical (unpaired) electrons. The molecule has 1 aliphatic rings. The molecule has 13 heteroatoms. The summed E-state index contributed by atoms with van der Waals surface area (Å²) < 4.78 is 23.7. The number of ether oxygens (including phenoxy) is 4. The van der Waals surface area contributed by atoms with Gasteiger partial charge in [-0.2, -0.15) is 5.10 Å². The van der Waals surface area contributed by atoms with Gasteiger partial charge in [0.15, 0.2) is 5.78 Å². The molecule has 5 rings (SSSR count). The molecule has 0 unspecified atom stereocenters. The number of carbonyl (C=O) groups is 1. The second-order valence-electron chi connectivity index (χ2n) is 10.0. The number of aromatic nitrogens is 5. The molecule has 1 N–H and O–H groups in total. The number of nitrogens with zero attached hydrogens (tertiary/aromatic N) is 5. The fourth-order valence-corrected chi connectivity index (χ4v) is 5.73. The maximum absolute atomic E-state index is 12.1. The summed E-state index contributed by atoms with van der Waals surface area (Å²) >= 11 is 13.5. The van der Waals surface area contributed by atoms with E-state index in [9.17, 15) is 4.79 Å². The van der Waals surface area contributed by atoms with Crippen molar-refractivity contribution in [3.8, 4) is 34.0 Å². The van der Waals surface area contributed by atoms with Gasteiger partial charge in [-0.15, -0.1) is 0 Å². The van der Waals surface area contributed by atoms with E-state index >= 15 is 0 Å². The minimum absolute atomic E-state index is 0.00544. The van der Waals surface area contributed by atoms with Crippen molar-refractivity contribution in [1.29, 1.82) is 0 Å². The summed E-state index contributed by atoms with van der Waals surface area (Å²) in [5.41, 5.74) is 2.79. The summed E-state index contributed by atoms with van der Waals surface area (Å²) in [7, 11) is 4.67. The van der Waals surface area contributed by atoms with Crippen molar-refractivity contribution in [3.63, 3.8) is 0 Å². The number of nitrogens with one attached hydrogen (secondary N) is 1. The topological polar surface area (TPSA) is 123 Å². The van der Waals surface area contributed by atoms with Gasteiger partial charge in [-0.1, -0.05) is 29.8 Å². The number of halogens is 2. The number of anilines is 1. The molecule has 11 nitrogen and oxygen atoms in total. The standard InChI is InChI=1S/C30H32Cl2N6O5/c1-5-20(39)10-17-6-8-43-16-22(17)36-30-33-13-18-11-21(25-26(31)23(41-3)12-24(42-4)27(25)32)35-29(28(18)37-30)19-14-34-38(15-19)7-9-40-2/h5,11-15,17,22H,1,6-10,16H2,2-4H3,(H,33,36,37)/t17-,22-/m1/s1. The summed E-state index contributed by atoms with van der Waals surface area (Å²) in [6.45, 7) is 5.70. The smallest absolute Gasteiger partial charge is 0.223 e. The fourth-order valence-electron chi connectivity index (χ4n) is 5.04. The summed E-state index contributed by atoms with van der Waals surface area (Å²) in [6, 6.07) is 3.30. The van der Waals surface area contributed by atoms with E-state index in [1.807, 2.05) is 12.3 Å². The third kappa shape index (κ3) is 6.59. The highest BCUT2D eigenvalue weighted by Gasteiger charge is 2.28. The predicted molar refractivity (Wildman–Crippen MR) is 165 cm³/mol. The van der Waals surface area contributed by atoms with Crippen LogP contribution >= 0.6 is 23.2 Å². The lowest BCUT2D eigenvalue weighted by Crippen LogP contribution is -2.40. The van der Waals surface area contributed by atoms with Gasteiger partial charge in [-0.3, -0.25) is 9.48 Å². The molecule has 0 spiro atoms. The van der Waals surface area contributed by atoms with Gasteiger partial charge >= 0.3 is 0 Å². The molecule has 0 saturated carbocycles. The fraction of sp³-hybridized carbons (Fsp3) is 0.367. The molecule has 4 heterocycles. The molecule has 43 heavy (non-hydrogen) atoms. The first-order valence-corrected chi connectivity index (χ1v) is 14.4. The number of allylic oxidation sites excluding steroid dienone is 1. The molecule has 1 fully saturated rings. The summed E-state index contributed by atoms with van der Waals surface area (Å²) in [5, 5.41) is 9.14. The maximum atomic E-state index is 12.1. The van der Waals surface area contributed by atoms with Gasteiger partial charge in [-0.05, 0) is 24.5 Å². The van der Waals surface area contributed by atoms with Crippen molar-refractivity contribution in [2.75, 3.05) is 46.5 Å². The zero-order valence-corrected chi connectivity index (χ0v) is 25.6. The number of hydrogen-bond donors (Lipinski definition) is 1. The van der Waals surface area contributed by atoms with Gasteiger partial charge in [0.2, 0.25) is 5.95 Å². The van der Waals surface area contributed by atoms with Crippen LogP contribution in [0.4, 0.5) is 5.95 Å². The Bertz CT molecular complexity index is 1620. The highest BCUT2D eigenvalue weighted by Crippen LogP contribution is 2.46. The average Bonchev–Trinajstić information content (AvgIpc) is 3.49. The molecule has 0 amide bonds. The van der Waals surface area contributed by atoms with E-state index in [1.54, 1.807) is 30.3 Å². The van der Waals surface area contributed by atoms with Crippen LogP contribution in [0, 0.1) is 5.92 Å². The highest BCUT2D eigenvalue weighted by atomic mass is 35.5. The monoisotopic (exact) mass is 626 g/mol. The van der Waals surface area contributed by atoms with E-state index in [4.69, 9.17) is 52.1 Å². The summed E-state index contributed by atoms with van der Waals surface area (Å²) in [6.07, 6.45) is 7.78. The summed E-state index contributed by atoms with van der Waals surface area (Å²) in [5.74, 6) is 1.23. The van der Waals surface area contributed by atoms with Crippen LogP contribution in [0.2, 0.25) is 10.0 Å². The van der Waals surface area contributed by atoms with E-state index in [0.717, 1.165) is 12.0 Å². The van der Waals surface area contributed by atoms with Gasteiger partial charge < -0.3 is 24.3 Å². The molecule has 0 bridgehead atoms. The first-order valence-electron chi connectivity index (χ1n) is 13.7. The Morgan fingerprint density at radius 2 is 1.93 bits per heavy atom. The maximum Gasteiger partial charge on any atom is 0.223 e.